The number of carbonyl (C=O) groups excluding carboxylic acids is 3. The van der Waals surface area contributed by atoms with E-state index in [-0.39, 0.29) is 29.6 Å². The molecule has 1 heterocycles. The van der Waals surface area contributed by atoms with E-state index in [2.05, 4.69) is 5.32 Å². The number of carbonyl (C=O) groups is 3. The summed E-state index contributed by atoms with van der Waals surface area (Å²) in [5.74, 6) is -0.0395. The lowest BCUT2D eigenvalue weighted by Crippen LogP contribution is -2.33. The normalized spacial score (nSPS) is 27.4. The molecule has 148 valence electrons. The second kappa shape index (κ2) is 6.55. The van der Waals surface area contributed by atoms with Gasteiger partial charge in [0.15, 0.2) is 0 Å². The van der Waals surface area contributed by atoms with E-state index < -0.39 is 0 Å². The maximum absolute atomic E-state index is 13.0. The molecular formula is C24H24N2O3. The van der Waals surface area contributed by atoms with Crippen molar-refractivity contribution in [3.63, 3.8) is 0 Å². The van der Waals surface area contributed by atoms with Crippen LogP contribution >= 0.6 is 0 Å². The van der Waals surface area contributed by atoms with Gasteiger partial charge in [-0.3, -0.25) is 19.3 Å². The highest BCUT2D eigenvalue weighted by atomic mass is 16.2. The quantitative estimate of drug-likeness (QED) is 0.806. The molecule has 2 saturated carbocycles. The summed E-state index contributed by atoms with van der Waals surface area (Å²) in [5.41, 5.74) is 3.81. The number of nitrogens with zero attached hydrogens (tertiary/aromatic N) is 1. The molecule has 0 radical (unpaired) electrons. The fraction of sp³-hybridized carbons (Fsp3) is 0.375. The average Bonchev–Trinajstić information content (AvgIpc) is 3.35. The fourth-order valence-corrected chi connectivity index (χ4v) is 5.70. The molecule has 2 aromatic rings. The topological polar surface area (TPSA) is 66.5 Å². The predicted molar refractivity (Wildman–Crippen MR) is 111 cm³/mol. The minimum atomic E-state index is -0.254. The van der Waals surface area contributed by atoms with Crippen LogP contribution in [-0.4, -0.2) is 17.7 Å². The van der Waals surface area contributed by atoms with Gasteiger partial charge in [0.25, 0.3) is 5.91 Å². The molecule has 1 aliphatic heterocycles. The van der Waals surface area contributed by atoms with Gasteiger partial charge < -0.3 is 5.32 Å². The smallest absolute Gasteiger partial charge is 0.255 e. The molecule has 5 nitrogen and oxygen atoms in total. The summed E-state index contributed by atoms with van der Waals surface area (Å²) in [7, 11) is 0. The van der Waals surface area contributed by atoms with Crippen LogP contribution in [-0.2, 0) is 9.59 Å². The number of imide groups is 1. The minimum absolute atomic E-state index is 0.0842. The highest BCUT2D eigenvalue weighted by molar-refractivity contribution is 6.23. The molecule has 3 amide bonds. The lowest BCUT2D eigenvalue weighted by Gasteiger charge is -2.19. The summed E-state index contributed by atoms with van der Waals surface area (Å²) in [5, 5.41) is 2.92. The van der Waals surface area contributed by atoms with Gasteiger partial charge in [-0.15, -0.1) is 0 Å². The van der Waals surface area contributed by atoms with Gasteiger partial charge in [0.1, 0.15) is 0 Å². The van der Waals surface area contributed by atoms with Crippen LogP contribution in [0.3, 0.4) is 0 Å². The molecule has 1 N–H and O–H groups in total. The van der Waals surface area contributed by atoms with E-state index in [0.717, 1.165) is 36.1 Å². The number of aryl methyl sites for hydroxylation is 2. The largest absolute Gasteiger partial charge is 0.322 e. The van der Waals surface area contributed by atoms with Crippen LogP contribution in [0.4, 0.5) is 11.4 Å². The van der Waals surface area contributed by atoms with Crippen molar-refractivity contribution in [1.29, 1.82) is 0 Å². The van der Waals surface area contributed by atoms with Crippen molar-refractivity contribution in [2.75, 3.05) is 10.2 Å². The van der Waals surface area contributed by atoms with E-state index in [1.165, 1.54) is 4.90 Å². The molecule has 4 atom stereocenters. The van der Waals surface area contributed by atoms with Crippen LogP contribution in [0.2, 0.25) is 0 Å². The molecule has 29 heavy (non-hydrogen) atoms. The van der Waals surface area contributed by atoms with Crippen LogP contribution in [0, 0.1) is 37.5 Å². The first kappa shape index (κ1) is 18.1. The molecule has 2 aromatic carbocycles. The maximum Gasteiger partial charge on any atom is 0.255 e. The van der Waals surface area contributed by atoms with Crippen molar-refractivity contribution >= 4 is 29.1 Å². The maximum atomic E-state index is 13.0. The third-order valence-electron chi connectivity index (χ3n) is 6.77. The van der Waals surface area contributed by atoms with Crippen LogP contribution < -0.4 is 10.2 Å². The van der Waals surface area contributed by atoms with Crippen LogP contribution in [0.5, 0.6) is 0 Å². The average molecular weight is 388 g/mol. The standard InChI is InChI=1S/C24H24N2O3/c1-13-8-14(2)10-18(9-13)25-22(27)17-4-3-5-19(12-17)26-23(28)20-15-6-7-16(11-15)21(20)24(26)29/h3-5,8-10,12,15-16,20-21H,6-7,11H2,1-2H3,(H,25,27)/t15-,16-,20-,21+/m0/s1. The number of hydrogen-bond donors (Lipinski definition) is 1. The molecule has 1 saturated heterocycles. The highest BCUT2D eigenvalue weighted by Gasteiger charge is 2.61. The summed E-state index contributed by atoms with van der Waals surface area (Å²) in [4.78, 5) is 40.2. The Morgan fingerprint density at radius 2 is 1.55 bits per heavy atom. The van der Waals surface area contributed by atoms with E-state index in [1.54, 1.807) is 24.3 Å². The Morgan fingerprint density at radius 1 is 0.931 bits per heavy atom. The Labute approximate surface area is 170 Å². The molecule has 2 aliphatic carbocycles. The summed E-state index contributed by atoms with van der Waals surface area (Å²) < 4.78 is 0. The summed E-state index contributed by atoms with van der Waals surface area (Å²) in [6.45, 7) is 3.97. The van der Waals surface area contributed by atoms with Crippen molar-refractivity contribution in [3.05, 3.63) is 59.2 Å². The second-order valence-corrected chi connectivity index (χ2v) is 8.78. The monoisotopic (exact) mass is 388 g/mol. The first-order valence-corrected chi connectivity index (χ1v) is 10.3. The van der Waals surface area contributed by atoms with Gasteiger partial charge in [-0.25, -0.2) is 0 Å². The van der Waals surface area contributed by atoms with E-state index in [0.29, 0.717) is 23.1 Å². The zero-order valence-corrected chi connectivity index (χ0v) is 16.6. The van der Waals surface area contributed by atoms with Crippen molar-refractivity contribution in [2.24, 2.45) is 23.7 Å². The molecule has 5 heteroatoms. The Kier molecular flexibility index (Phi) is 4.09. The SMILES string of the molecule is Cc1cc(C)cc(NC(=O)c2cccc(N3C(=O)[C@@H]4[C@H]5CC[C@@H](C5)[C@@H]4C3=O)c2)c1. The molecule has 5 rings (SSSR count). The number of fused-ring (bicyclic) bond motifs is 5. The molecule has 3 fully saturated rings. The summed E-state index contributed by atoms with van der Waals surface area (Å²) in [6, 6.07) is 12.7. The van der Waals surface area contributed by atoms with Crippen molar-refractivity contribution in [3.8, 4) is 0 Å². The Balaban J connectivity index is 1.41. The van der Waals surface area contributed by atoms with Gasteiger partial charge in [-0.05, 0) is 86.4 Å². The fourth-order valence-electron chi connectivity index (χ4n) is 5.70. The van der Waals surface area contributed by atoms with Gasteiger partial charge in [-0.1, -0.05) is 12.1 Å². The third kappa shape index (κ3) is 2.87. The Morgan fingerprint density at radius 3 is 2.17 bits per heavy atom. The predicted octanol–water partition coefficient (Wildman–Crippen LogP) is 4.09. The molecule has 0 spiro atoms. The molecule has 2 bridgehead atoms. The van der Waals surface area contributed by atoms with Gasteiger partial charge in [0.05, 0.1) is 17.5 Å². The number of rotatable bonds is 3. The van der Waals surface area contributed by atoms with Gasteiger partial charge in [-0.2, -0.15) is 0 Å². The lowest BCUT2D eigenvalue weighted by atomic mass is 9.81. The summed E-state index contributed by atoms with van der Waals surface area (Å²) in [6.07, 6.45) is 3.12. The van der Waals surface area contributed by atoms with Gasteiger partial charge >= 0.3 is 0 Å². The van der Waals surface area contributed by atoms with Crippen molar-refractivity contribution in [1.82, 2.24) is 0 Å². The minimum Gasteiger partial charge on any atom is -0.322 e. The van der Waals surface area contributed by atoms with Gasteiger partial charge in [0, 0.05) is 11.3 Å². The molecule has 0 aromatic heterocycles. The number of benzene rings is 2. The summed E-state index contributed by atoms with van der Waals surface area (Å²) >= 11 is 0. The van der Waals surface area contributed by atoms with Crippen molar-refractivity contribution < 1.29 is 14.4 Å². The van der Waals surface area contributed by atoms with E-state index >= 15 is 0 Å². The third-order valence-corrected chi connectivity index (χ3v) is 6.77. The zero-order chi connectivity index (χ0) is 20.3. The van der Waals surface area contributed by atoms with E-state index in [4.69, 9.17) is 0 Å². The number of anilines is 2. The number of amides is 3. The second-order valence-electron chi connectivity index (χ2n) is 8.78. The van der Waals surface area contributed by atoms with Crippen LogP contribution in [0.15, 0.2) is 42.5 Å². The van der Waals surface area contributed by atoms with Crippen LogP contribution in [0.1, 0.15) is 40.7 Å². The molecular weight excluding hydrogens is 364 g/mol. The first-order chi connectivity index (χ1) is 13.9. The van der Waals surface area contributed by atoms with Crippen molar-refractivity contribution in [2.45, 2.75) is 33.1 Å². The first-order valence-electron chi connectivity index (χ1n) is 10.3. The highest BCUT2D eigenvalue weighted by Crippen LogP contribution is 2.56. The molecule has 0 unspecified atom stereocenters. The van der Waals surface area contributed by atoms with E-state index in [1.807, 2.05) is 32.0 Å². The number of nitrogens with one attached hydrogen (secondary N) is 1. The molecule has 3 aliphatic rings. The Bertz CT molecular complexity index is 996. The van der Waals surface area contributed by atoms with E-state index in [9.17, 15) is 14.4 Å². The van der Waals surface area contributed by atoms with Crippen LogP contribution in [0.25, 0.3) is 0 Å². The Hall–Kier alpha value is -2.95. The lowest BCUT2D eigenvalue weighted by molar-refractivity contribution is -0.123. The zero-order valence-electron chi connectivity index (χ0n) is 16.6. The number of hydrogen-bond acceptors (Lipinski definition) is 3. The van der Waals surface area contributed by atoms with Gasteiger partial charge in [0.2, 0.25) is 11.8 Å².